The largest absolute Gasteiger partial charge is 0.507 e. The third-order valence-corrected chi connectivity index (χ3v) is 6.81. The predicted octanol–water partition coefficient (Wildman–Crippen LogP) is 4.49. The smallest absolute Gasteiger partial charge is 0.408 e. The molecule has 8 nitrogen and oxygen atoms in total. The third-order valence-electron chi connectivity index (χ3n) is 6.81. The van der Waals surface area contributed by atoms with Crippen molar-refractivity contribution in [1.82, 2.24) is 5.32 Å². The number of carbonyl (C=O) groups is 3. The van der Waals surface area contributed by atoms with Crippen LogP contribution in [0.3, 0.4) is 0 Å². The molecule has 0 saturated heterocycles. The number of carbonyl (C=O) groups excluding carboxylic acids is 2. The average Bonchev–Trinajstić information content (AvgIpc) is 3.15. The van der Waals surface area contributed by atoms with Gasteiger partial charge in [-0.1, -0.05) is 48.5 Å². The number of phenols is 1. The van der Waals surface area contributed by atoms with Gasteiger partial charge in [-0.25, -0.2) is 9.59 Å². The predicted molar refractivity (Wildman–Crippen MR) is 128 cm³/mol. The number of benzene rings is 3. The van der Waals surface area contributed by atoms with Gasteiger partial charge >= 0.3 is 12.1 Å². The first-order valence-electron chi connectivity index (χ1n) is 11.4. The number of nitrogens with one attached hydrogen (secondary N) is 2. The first-order valence-corrected chi connectivity index (χ1v) is 11.4. The number of aromatic hydroxyl groups is 1. The number of anilines is 1. The monoisotopic (exact) mass is 472 g/mol. The molecule has 0 bridgehead atoms. The SMILES string of the molecule is O=C(NC1(C(=O)Nc2ccc(O)c(C(=O)O)c2)CCC1)OCC1c2ccccc2-c2ccccc21. The van der Waals surface area contributed by atoms with Crippen LogP contribution in [0.15, 0.2) is 66.7 Å². The second-order valence-corrected chi connectivity index (χ2v) is 8.88. The van der Waals surface area contributed by atoms with E-state index in [1.54, 1.807) is 0 Å². The van der Waals surface area contributed by atoms with E-state index in [0.717, 1.165) is 28.7 Å². The number of amides is 2. The molecule has 178 valence electrons. The molecule has 0 unspecified atom stereocenters. The molecule has 4 N–H and O–H groups in total. The van der Waals surface area contributed by atoms with Gasteiger partial charge in [0.15, 0.2) is 0 Å². The zero-order chi connectivity index (χ0) is 24.6. The molecular formula is C27H24N2O6. The Balaban J connectivity index is 1.26. The van der Waals surface area contributed by atoms with Gasteiger partial charge < -0.3 is 25.6 Å². The molecule has 0 atom stereocenters. The van der Waals surface area contributed by atoms with Crippen LogP contribution >= 0.6 is 0 Å². The van der Waals surface area contributed by atoms with E-state index in [9.17, 15) is 24.6 Å². The number of alkyl carbamates (subject to hydrolysis) is 1. The van der Waals surface area contributed by atoms with E-state index in [1.165, 1.54) is 18.2 Å². The van der Waals surface area contributed by atoms with Crippen molar-refractivity contribution in [3.63, 3.8) is 0 Å². The van der Waals surface area contributed by atoms with Gasteiger partial charge in [0.05, 0.1) is 0 Å². The van der Waals surface area contributed by atoms with Crippen molar-refractivity contribution in [1.29, 1.82) is 0 Å². The van der Waals surface area contributed by atoms with E-state index < -0.39 is 29.3 Å². The summed E-state index contributed by atoms with van der Waals surface area (Å²) in [6.07, 6.45) is 0.950. The minimum absolute atomic E-state index is 0.0919. The summed E-state index contributed by atoms with van der Waals surface area (Å²) in [4.78, 5) is 37.0. The minimum atomic E-state index is -1.31. The maximum atomic E-state index is 13.0. The number of aromatic carboxylic acids is 1. The third kappa shape index (κ3) is 4.07. The van der Waals surface area contributed by atoms with Crippen LogP contribution in [0, 0.1) is 0 Å². The molecule has 0 aromatic heterocycles. The van der Waals surface area contributed by atoms with E-state index in [0.29, 0.717) is 12.8 Å². The van der Waals surface area contributed by atoms with Crippen molar-refractivity contribution < 1.29 is 29.3 Å². The molecule has 35 heavy (non-hydrogen) atoms. The second kappa shape index (κ2) is 8.79. The van der Waals surface area contributed by atoms with Gasteiger partial charge in [0.25, 0.3) is 0 Å². The maximum Gasteiger partial charge on any atom is 0.408 e. The summed E-state index contributed by atoms with van der Waals surface area (Å²) in [5, 5.41) is 24.2. The molecule has 1 saturated carbocycles. The summed E-state index contributed by atoms with van der Waals surface area (Å²) in [6.45, 7) is 0.136. The topological polar surface area (TPSA) is 125 Å². The lowest BCUT2D eigenvalue weighted by Crippen LogP contribution is -2.61. The van der Waals surface area contributed by atoms with Crippen molar-refractivity contribution >= 4 is 23.7 Å². The summed E-state index contributed by atoms with van der Waals surface area (Å²) in [6, 6.07) is 19.9. The minimum Gasteiger partial charge on any atom is -0.507 e. The molecule has 0 heterocycles. The number of carboxylic acids is 1. The van der Waals surface area contributed by atoms with E-state index in [4.69, 9.17) is 4.74 Å². The molecule has 8 heteroatoms. The molecule has 2 aliphatic carbocycles. The molecular weight excluding hydrogens is 448 g/mol. The van der Waals surface area contributed by atoms with E-state index >= 15 is 0 Å². The molecule has 2 amide bonds. The number of carboxylic acid groups (broad SMARTS) is 1. The molecule has 1 fully saturated rings. The summed E-state index contributed by atoms with van der Waals surface area (Å²) in [5.74, 6) is -2.26. The molecule has 2 aliphatic rings. The van der Waals surface area contributed by atoms with Gasteiger partial charge in [0.2, 0.25) is 5.91 Å². The van der Waals surface area contributed by atoms with Crippen LogP contribution in [0.25, 0.3) is 11.1 Å². The number of hydrogen-bond acceptors (Lipinski definition) is 5. The standard InChI is InChI=1S/C27H24N2O6/c30-23-11-10-16(14-21(23)24(31)32)28-25(33)27(12-5-13-27)29-26(34)35-15-22-19-8-3-1-6-17(19)18-7-2-4-9-20(18)22/h1-4,6-11,14,22,30H,5,12-13,15H2,(H,28,33)(H,29,34)(H,31,32). The Morgan fingerprint density at radius 3 is 2.14 bits per heavy atom. The Morgan fingerprint density at radius 2 is 1.57 bits per heavy atom. The van der Waals surface area contributed by atoms with Crippen LogP contribution in [-0.4, -0.2) is 40.3 Å². The van der Waals surface area contributed by atoms with Crippen LogP contribution in [0.1, 0.15) is 46.7 Å². The number of fused-ring (bicyclic) bond motifs is 3. The highest BCUT2D eigenvalue weighted by Gasteiger charge is 2.46. The lowest BCUT2D eigenvalue weighted by molar-refractivity contribution is -0.125. The molecule has 5 rings (SSSR count). The Hall–Kier alpha value is -4.33. The Bertz CT molecular complexity index is 1290. The van der Waals surface area contributed by atoms with Crippen LogP contribution in [0.4, 0.5) is 10.5 Å². The summed E-state index contributed by atoms with van der Waals surface area (Å²) < 4.78 is 5.60. The molecule has 0 spiro atoms. The van der Waals surface area contributed by atoms with E-state index in [2.05, 4.69) is 22.8 Å². The molecule has 3 aromatic carbocycles. The fraction of sp³-hybridized carbons (Fsp3) is 0.222. The normalized spacial score (nSPS) is 15.3. The first-order chi connectivity index (χ1) is 16.9. The number of ether oxygens (including phenoxy) is 1. The quantitative estimate of drug-likeness (QED) is 0.392. The maximum absolute atomic E-state index is 13.0. The Morgan fingerprint density at radius 1 is 0.943 bits per heavy atom. The van der Waals surface area contributed by atoms with E-state index in [-0.39, 0.29) is 23.8 Å². The molecule has 0 aliphatic heterocycles. The lowest BCUT2D eigenvalue weighted by atomic mass is 9.76. The Labute approximate surface area is 201 Å². The van der Waals surface area contributed by atoms with Crippen LogP contribution < -0.4 is 10.6 Å². The van der Waals surface area contributed by atoms with Gasteiger partial charge in [-0.2, -0.15) is 0 Å². The summed E-state index contributed by atoms with van der Waals surface area (Å²) in [5.41, 5.74) is 3.20. The molecule has 0 radical (unpaired) electrons. The van der Waals surface area contributed by atoms with Gasteiger partial charge in [0.1, 0.15) is 23.5 Å². The van der Waals surface area contributed by atoms with Crippen molar-refractivity contribution in [2.24, 2.45) is 0 Å². The van der Waals surface area contributed by atoms with Gasteiger partial charge in [-0.05, 0) is 59.7 Å². The van der Waals surface area contributed by atoms with Crippen molar-refractivity contribution in [2.45, 2.75) is 30.7 Å². The van der Waals surface area contributed by atoms with Gasteiger partial charge in [-0.15, -0.1) is 0 Å². The lowest BCUT2D eigenvalue weighted by Gasteiger charge is -2.40. The molecule has 3 aromatic rings. The van der Waals surface area contributed by atoms with Crippen molar-refractivity contribution in [3.05, 3.63) is 83.4 Å². The summed E-state index contributed by atoms with van der Waals surface area (Å²) >= 11 is 0. The number of rotatable bonds is 6. The first kappa shape index (κ1) is 22.5. The highest BCUT2D eigenvalue weighted by molar-refractivity contribution is 6.02. The van der Waals surface area contributed by atoms with Crippen molar-refractivity contribution in [3.8, 4) is 16.9 Å². The highest BCUT2D eigenvalue weighted by atomic mass is 16.5. The van der Waals surface area contributed by atoms with Gasteiger partial charge in [0, 0.05) is 11.6 Å². The fourth-order valence-electron chi connectivity index (χ4n) is 4.80. The Kier molecular flexibility index (Phi) is 5.64. The fourth-order valence-corrected chi connectivity index (χ4v) is 4.80. The summed E-state index contributed by atoms with van der Waals surface area (Å²) in [7, 11) is 0. The second-order valence-electron chi connectivity index (χ2n) is 8.88. The van der Waals surface area contributed by atoms with Crippen LogP contribution in [-0.2, 0) is 9.53 Å². The van der Waals surface area contributed by atoms with Crippen LogP contribution in [0.2, 0.25) is 0 Å². The average molecular weight is 472 g/mol. The van der Waals surface area contributed by atoms with Crippen LogP contribution in [0.5, 0.6) is 5.75 Å². The number of hydrogen-bond donors (Lipinski definition) is 4. The highest BCUT2D eigenvalue weighted by Crippen LogP contribution is 2.44. The zero-order valence-corrected chi connectivity index (χ0v) is 18.8. The van der Waals surface area contributed by atoms with Gasteiger partial charge in [-0.3, -0.25) is 4.79 Å². The van der Waals surface area contributed by atoms with Crippen molar-refractivity contribution in [2.75, 3.05) is 11.9 Å². The van der Waals surface area contributed by atoms with E-state index in [1.807, 2.05) is 36.4 Å². The zero-order valence-electron chi connectivity index (χ0n) is 18.8.